The SMILES string of the molecule is NCC1CCCN(C(=O)c2ccc3cc[nH]c3c2)C1. The van der Waals surface area contributed by atoms with Crippen LogP contribution in [0.1, 0.15) is 23.2 Å². The quantitative estimate of drug-likeness (QED) is 0.864. The van der Waals surface area contributed by atoms with Gasteiger partial charge in [0.05, 0.1) is 0 Å². The summed E-state index contributed by atoms with van der Waals surface area (Å²) in [5.41, 5.74) is 7.49. The molecule has 4 heteroatoms. The Morgan fingerprint density at radius 2 is 2.32 bits per heavy atom. The van der Waals surface area contributed by atoms with Gasteiger partial charge in [-0.25, -0.2) is 0 Å². The number of fused-ring (bicyclic) bond motifs is 1. The second kappa shape index (κ2) is 5.05. The molecule has 1 amide bonds. The van der Waals surface area contributed by atoms with Crippen molar-refractivity contribution in [3.8, 4) is 0 Å². The third kappa shape index (κ3) is 2.36. The molecule has 1 aliphatic rings. The van der Waals surface area contributed by atoms with E-state index < -0.39 is 0 Å². The van der Waals surface area contributed by atoms with Gasteiger partial charge < -0.3 is 15.6 Å². The first-order valence-corrected chi connectivity index (χ1v) is 6.84. The number of rotatable bonds is 2. The van der Waals surface area contributed by atoms with Crippen LogP contribution in [-0.4, -0.2) is 35.4 Å². The van der Waals surface area contributed by atoms with Crippen LogP contribution in [0.4, 0.5) is 0 Å². The van der Waals surface area contributed by atoms with Gasteiger partial charge in [0.1, 0.15) is 0 Å². The number of hydrogen-bond acceptors (Lipinski definition) is 2. The molecule has 1 atom stereocenters. The smallest absolute Gasteiger partial charge is 0.253 e. The van der Waals surface area contributed by atoms with Gasteiger partial charge in [0.2, 0.25) is 0 Å². The van der Waals surface area contributed by atoms with Crippen LogP contribution >= 0.6 is 0 Å². The van der Waals surface area contributed by atoms with E-state index in [2.05, 4.69) is 4.98 Å². The minimum absolute atomic E-state index is 0.120. The van der Waals surface area contributed by atoms with Crippen LogP contribution in [0.3, 0.4) is 0 Å². The molecule has 100 valence electrons. The van der Waals surface area contributed by atoms with Crippen LogP contribution in [0.15, 0.2) is 30.5 Å². The van der Waals surface area contributed by atoms with Crippen molar-refractivity contribution in [3.05, 3.63) is 36.0 Å². The Hall–Kier alpha value is -1.81. The second-order valence-corrected chi connectivity index (χ2v) is 5.27. The number of H-pyrrole nitrogens is 1. The zero-order valence-electron chi connectivity index (χ0n) is 10.9. The summed E-state index contributed by atoms with van der Waals surface area (Å²) in [6.45, 7) is 2.30. The first-order valence-electron chi connectivity index (χ1n) is 6.84. The molecule has 2 heterocycles. The van der Waals surface area contributed by atoms with Gasteiger partial charge in [-0.15, -0.1) is 0 Å². The van der Waals surface area contributed by atoms with Gasteiger partial charge in [0.15, 0.2) is 0 Å². The Balaban J connectivity index is 1.82. The van der Waals surface area contributed by atoms with Crippen LogP contribution in [0, 0.1) is 5.92 Å². The zero-order chi connectivity index (χ0) is 13.2. The highest BCUT2D eigenvalue weighted by Crippen LogP contribution is 2.20. The minimum Gasteiger partial charge on any atom is -0.361 e. The number of carbonyl (C=O) groups excluding carboxylic acids is 1. The van der Waals surface area contributed by atoms with Gasteiger partial charge in [-0.3, -0.25) is 4.79 Å². The molecular formula is C15H19N3O. The maximum absolute atomic E-state index is 12.5. The first kappa shape index (κ1) is 12.2. The number of carbonyl (C=O) groups is 1. The van der Waals surface area contributed by atoms with Crippen LogP contribution in [0.25, 0.3) is 10.9 Å². The average Bonchev–Trinajstić information content (AvgIpc) is 2.94. The number of piperidine rings is 1. The van der Waals surface area contributed by atoms with E-state index in [0.717, 1.165) is 42.4 Å². The lowest BCUT2D eigenvalue weighted by Gasteiger charge is -2.32. The molecule has 1 aromatic heterocycles. The summed E-state index contributed by atoms with van der Waals surface area (Å²) < 4.78 is 0. The summed E-state index contributed by atoms with van der Waals surface area (Å²) in [5, 5.41) is 1.13. The van der Waals surface area contributed by atoms with E-state index in [-0.39, 0.29) is 5.91 Å². The summed E-state index contributed by atoms with van der Waals surface area (Å²) >= 11 is 0. The molecule has 1 unspecified atom stereocenters. The predicted octanol–water partition coefficient (Wildman–Crippen LogP) is 1.98. The number of hydrogen-bond donors (Lipinski definition) is 2. The number of likely N-dealkylation sites (tertiary alicyclic amines) is 1. The van der Waals surface area contributed by atoms with E-state index in [1.165, 1.54) is 0 Å². The molecule has 1 aromatic carbocycles. The molecule has 0 spiro atoms. The fourth-order valence-corrected chi connectivity index (χ4v) is 2.81. The maximum atomic E-state index is 12.5. The van der Waals surface area contributed by atoms with E-state index in [1.54, 1.807) is 0 Å². The van der Waals surface area contributed by atoms with Crippen molar-refractivity contribution >= 4 is 16.8 Å². The average molecular weight is 257 g/mol. The lowest BCUT2D eigenvalue weighted by atomic mass is 9.97. The highest BCUT2D eigenvalue weighted by Gasteiger charge is 2.23. The van der Waals surface area contributed by atoms with Crippen LogP contribution in [-0.2, 0) is 0 Å². The molecule has 0 saturated carbocycles. The predicted molar refractivity (Wildman–Crippen MR) is 76.0 cm³/mol. The van der Waals surface area contributed by atoms with Crippen molar-refractivity contribution in [1.82, 2.24) is 9.88 Å². The van der Waals surface area contributed by atoms with Crippen LogP contribution in [0.5, 0.6) is 0 Å². The van der Waals surface area contributed by atoms with Crippen molar-refractivity contribution in [2.24, 2.45) is 11.7 Å². The molecule has 1 aliphatic heterocycles. The third-order valence-electron chi connectivity index (χ3n) is 3.94. The maximum Gasteiger partial charge on any atom is 0.253 e. The highest BCUT2D eigenvalue weighted by molar-refractivity contribution is 5.98. The number of benzene rings is 1. The Bertz CT molecular complexity index is 590. The van der Waals surface area contributed by atoms with E-state index in [0.29, 0.717) is 12.5 Å². The Morgan fingerprint density at radius 1 is 1.42 bits per heavy atom. The number of aromatic nitrogens is 1. The van der Waals surface area contributed by atoms with Gasteiger partial charge in [-0.2, -0.15) is 0 Å². The fourth-order valence-electron chi connectivity index (χ4n) is 2.81. The van der Waals surface area contributed by atoms with Crippen LogP contribution in [0.2, 0.25) is 0 Å². The summed E-state index contributed by atoms with van der Waals surface area (Å²) in [4.78, 5) is 17.6. The molecule has 0 bridgehead atoms. The molecule has 19 heavy (non-hydrogen) atoms. The number of nitrogens with zero attached hydrogens (tertiary/aromatic N) is 1. The van der Waals surface area contributed by atoms with Gasteiger partial charge in [-0.1, -0.05) is 6.07 Å². The van der Waals surface area contributed by atoms with E-state index >= 15 is 0 Å². The lowest BCUT2D eigenvalue weighted by Crippen LogP contribution is -2.42. The minimum atomic E-state index is 0.120. The molecule has 1 fully saturated rings. The summed E-state index contributed by atoms with van der Waals surface area (Å²) in [6, 6.07) is 7.84. The molecule has 4 nitrogen and oxygen atoms in total. The van der Waals surface area contributed by atoms with Gasteiger partial charge in [0.25, 0.3) is 5.91 Å². The largest absolute Gasteiger partial charge is 0.361 e. The standard InChI is InChI=1S/C15H19N3O/c16-9-11-2-1-7-18(10-11)15(19)13-4-3-12-5-6-17-14(12)8-13/h3-6,8,11,17H,1-2,7,9-10,16H2. The molecule has 0 aliphatic carbocycles. The summed E-state index contributed by atoms with van der Waals surface area (Å²) in [7, 11) is 0. The van der Waals surface area contributed by atoms with Gasteiger partial charge in [-0.05, 0) is 48.9 Å². The Morgan fingerprint density at radius 3 is 3.16 bits per heavy atom. The van der Waals surface area contributed by atoms with Crippen molar-refractivity contribution in [2.45, 2.75) is 12.8 Å². The summed E-state index contributed by atoms with van der Waals surface area (Å²) in [6.07, 6.45) is 4.08. The van der Waals surface area contributed by atoms with Crippen molar-refractivity contribution in [2.75, 3.05) is 19.6 Å². The Kier molecular flexibility index (Phi) is 3.25. The monoisotopic (exact) mass is 257 g/mol. The molecular weight excluding hydrogens is 238 g/mol. The van der Waals surface area contributed by atoms with Gasteiger partial charge >= 0.3 is 0 Å². The van der Waals surface area contributed by atoms with Crippen molar-refractivity contribution in [3.63, 3.8) is 0 Å². The first-order chi connectivity index (χ1) is 9.28. The number of nitrogens with one attached hydrogen (secondary N) is 1. The molecule has 3 N–H and O–H groups in total. The summed E-state index contributed by atoms with van der Waals surface area (Å²) in [5.74, 6) is 0.571. The normalized spacial score (nSPS) is 19.8. The van der Waals surface area contributed by atoms with E-state index in [9.17, 15) is 4.79 Å². The van der Waals surface area contributed by atoms with E-state index in [1.807, 2.05) is 35.4 Å². The van der Waals surface area contributed by atoms with Crippen molar-refractivity contribution in [1.29, 1.82) is 0 Å². The lowest BCUT2D eigenvalue weighted by molar-refractivity contribution is 0.0678. The second-order valence-electron chi connectivity index (χ2n) is 5.27. The van der Waals surface area contributed by atoms with Crippen molar-refractivity contribution < 1.29 is 4.79 Å². The zero-order valence-corrected chi connectivity index (χ0v) is 10.9. The molecule has 0 radical (unpaired) electrons. The van der Waals surface area contributed by atoms with E-state index in [4.69, 9.17) is 5.73 Å². The number of nitrogens with two attached hydrogens (primary N) is 1. The molecule has 1 saturated heterocycles. The van der Waals surface area contributed by atoms with Gasteiger partial charge in [0, 0.05) is 30.4 Å². The van der Waals surface area contributed by atoms with Crippen LogP contribution < -0.4 is 5.73 Å². The topological polar surface area (TPSA) is 62.1 Å². The highest BCUT2D eigenvalue weighted by atomic mass is 16.2. The number of amides is 1. The molecule has 2 aromatic rings. The molecule has 3 rings (SSSR count). The third-order valence-corrected chi connectivity index (χ3v) is 3.94. The number of aromatic amines is 1. The Labute approximate surface area is 112 Å². The fraction of sp³-hybridized carbons (Fsp3) is 0.400.